The van der Waals surface area contributed by atoms with Crippen LogP contribution in [0.4, 0.5) is 0 Å². The molecule has 2 heterocycles. The first-order valence-corrected chi connectivity index (χ1v) is 10.5. The van der Waals surface area contributed by atoms with Gasteiger partial charge in [0.25, 0.3) is 0 Å². The molecule has 0 bridgehead atoms. The number of fused-ring (bicyclic) bond motifs is 5. The predicted molar refractivity (Wildman–Crippen MR) is 103 cm³/mol. The number of aliphatic hydroxyl groups excluding tert-OH is 1. The second-order valence-corrected chi connectivity index (χ2v) is 10.3. The summed E-state index contributed by atoms with van der Waals surface area (Å²) in [6, 6.07) is 1.67. The fourth-order valence-corrected chi connectivity index (χ4v) is 7.09. The van der Waals surface area contributed by atoms with Gasteiger partial charge in [-0.3, -0.25) is 0 Å². The highest BCUT2D eigenvalue weighted by atomic mass is 16.5. The van der Waals surface area contributed by atoms with Crippen LogP contribution in [0.25, 0.3) is 0 Å². The number of carbonyl (C=O) groups excluding carboxylic acids is 1. The number of benzene rings is 1. The van der Waals surface area contributed by atoms with Crippen LogP contribution in [0.1, 0.15) is 74.9 Å². The van der Waals surface area contributed by atoms with Gasteiger partial charge in [0.05, 0.1) is 6.10 Å². The first-order valence-electron chi connectivity index (χ1n) is 10.5. The van der Waals surface area contributed by atoms with Crippen molar-refractivity contribution in [3.05, 3.63) is 22.8 Å². The van der Waals surface area contributed by atoms with Crippen molar-refractivity contribution >= 4 is 5.97 Å². The number of carbonyl (C=O) groups is 1. The van der Waals surface area contributed by atoms with Crippen LogP contribution < -0.4 is 4.74 Å². The molecule has 0 amide bonds. The Balaban J connectivity index is 1.66. The Morgan fingerprint density at radius 1 is 1.18 bits per heavy atom. The van der Waals surface area contributed by atoms with E-state index in [-0.39, 0.29) is 35.3 Å². The van der Waals surface area contributed by atoms with Gasteiger partial charge in [0.2, 0.25) is 0 Å². The van der Waals surface area contributed by atoms with Crippen LogP contribution in [0.2, 0.25) is 0 Å². The average molecular weight is 386 g/mol. The average Bonchev–Trinajstić information content (AvgIpc) is 3.20. The lowest BCUT2D eigenvalue weighted by Crippen LogP contribution is -2.66. The van der Waals surface area contributed by atoms with E-state index in [1.807, 2.05) is 0 Å². The SMILES string of the molecule is C[C@@H]1CCC2C(C)(C)C(O)CC[C@]2(C)C12Cc1c(O)cc3c(c1O2)C(=O)OC3. The number of phenols is 1. The number of hydrogen-bond acceptors (Lipinski definition) is 5. The van der Waals surface area contributed by atoms with Crippen LogP contribution in [-0.2, 0) is 17.8 Å². The summed E-state index contributed by atoms with van der Waals surface area (Å²) in [6.45, 7) is 9.10. The highest BCUT2D eigenvalue weighted by Gasteiger charge is 2.67. The molecule has 0 radical (unpaired) electrons. The highest BCUT2D eigenvalue weighted by molar-refractivity contribution is 5.97. The Morgan fingerprint density at radius 3 is 2.68 bits per heavy atom. The van der Waals surface area contributed by atoms with Gasteiger partial charge < -0.3 is 19.7 Å². The minimum Gasteiger partial charge on any atom is -0.508 e. The van der Waals surface area contributed by atoms with E-state index in [0.717, 1.165) is 31.2 Å². The number of ether oxygens (including phenoxy) is 2. The lowest BCUT2D eigenvalue weighted by Gasteiger charge is -2.64. The van der Waals surface area contributed by atoms with E-state index >= 15 is 0 Å². The molecule has 1 spiro atoms. The minimum absolute atomic E-state index is 0.145. The van der Waals surface area contributed by atoms with Crippen LogP contribution in [0, 0.1) is 22.7 Å². The molecule has 2 aliphatic heterocycles. The Labute approximate surface area is 166 Å². The Kier molecular flexibility index (Phi) is 3.55. The highest BCUT2D eigenvalue weighted by Crippen LogP contribution is 2.67. The second-order valence-electron chi connectivity index (χ2n) is 10.3. The number of cyclic esters (lactones) is 1. The fraction of sp³-hybridized carbons (Fsp3) is 0.696. The molecule has 3 unspecified atom stereocenters. The van der Waals surface area contributed by atoms with Gasteiger partial charge in [0.1, 0.15) is 29.3 Å². The van der Waals surface area contributed by atoms with Gasteiger partial charge in [-0.25, -0.2) is 4.79 Å². The number of esters is 1. The van der Waals surface area contributed by atoms with Gasteiger partial charge >= 0.3 is 5.97 Å². The quantitative estimate of drug-likeness (QED) is 0.660. The van der Waals surface area contributed by atoms with Crippen molar-refractivity contribution in [3.63, 3.8) is 0 Å². The van der Waals surface area contributed by atoms with Gasteiger partial charge in [0, 0.05) is 23.0 Å². The monoisotopic (exact) mass is 386 g/mol. The summed E-state index contributed by atoms with van der Waals surface area (Å²) in [6.07, 6.45) is 4.00. The number of hydrogen-bond donors (Lipinski definition) is 2. The van der Waals surface area contributed by atoms with Crippen LogP contribution in [-0.4, -0.2) is 27.9 Å². The van der Waals surface area contributed by atoms with Crippen molar-refractivity contribution in [1.29, 1.82) is 0 Å². The summed E-state index contributed by atoms with van der Waals surface area (Å²) in [7, 11) is 0. The number of phenolic OH excluding ortho intramolecular Hbond substituents is 1. The van der Waals surface area contributed by atoms with E-state index in [0.29, 0.717) is 35.1 Å². The molecular formula is C23H30O5. The molecule has 2 fully saturated rings. The van der Waals surface area contributed by atoms with Crippen molar-refractivity contribution in [2.45, 2.75) is 78.1 Å². The summed E-state index contributed by atoms with van der Waals surface area (Å²) >= 11 is 0. The van der Waals surface area contributed by atoms with Gasteiger partial charge in [-0.05, 0) is 49.0 Å². The van der Waals surface area contributed by atoms with Crippen LogP contribution >= 0.6 is 0 Å². The van der Waals surface area contributed by atoms with Gasteiger partial charge in [-0.15, -0.1) is 0 Å². The lowest BCUT2D eigenvalue weighted by molar-refractivity contribution is -0.210. The molecule has 4 aliphatic rings. The molecule has 5 heteroatoms. The third-order valence-corrected chi connectivity index (χ3v) is 8.84. The van der Waals surface area contributed by atoms with Gasteiger partial charge in [-0.1, -0.05) is 27.7 Å². The van der Waals surface area contributed by atoms with Crippen LogP contribution in [0.5, 0.6) is 11.5 Å². The third-order valence-electron chi connectivity index (χ3n) is 8.84. The zero-order valence-corrected chi connectivity index (χ0v) is 17.2. The zero-order chi connectivity index (χ0) is 20.1. The Hall–Kier alpha value is -1.75. The van der Waals surface area contributed by atoms with Gasteiger partial charge in [-0.2, -0.15) is 0 Å². The van der Waals surface area contributed by atoms with Gasteiger partial charge in [0.15, 0.2) is 0 Å². The number of rotatable bonds is 0. The number of aliphatic hydroxyl groups is 1. The maximum Gasteiger partial charge on any atom is 0.342 e. The molecule has 5 nitrogen and oxygen atoms in total. The summed E-state index contributed by atoms with van der Waals surface area (Å²) in [5.74, 6) is 0.996. The minimum atomic E-state index is -0.481. The molecule has 1 aromatic rings. The molecule has 1 aromatic carbocycles. The normalized spacial score (nSPS) is 40.5. The van der Waals surface area contributed by atoms with E-state index in [1.165, 1.54) is 0 Å². The Morgan fingerprint density at radius 2 is 1.93 bits per heavy atom. The largest absolute Gasteiger partial charge is 0.508 e. The standard InChI is InChI=1S/C23H30O5/c1-12-5-6-16-21(2,3)17(25)7-8-22(16,4)23(12)10-14-15(24)9-13-11-27-20(26)18(13)19(14)28-23/h9,12,16-17,24-25H,5-8,10-11H2,1-4H3/t12-,16?,17?,22+,23?/m1/s1. The van der Waals surface area contributed by atoms with Crippen molar-refractivity contribution in [1.82, 2.24) is 0 Å². The summed E-state index contributed by atoms with van der Waals surface area (Å²) in [5.41, 5.74) is 1.14. The van der Waals surface area contributed by atoms with Crippen molar-refractivity contribution in [2.75, 3.05) is 0 Å². The summed E-state index contributed by atoms with van der Waals surface area (Å²) in [4.78, 5) is 12.4. The van der Waals surface area contributed by atoms with Crippen LogP contribution in [0.3, 0.4) is 0 Å². The molecule has 0 aromatic heterocycles. The third kappa shape index (κ3) is 1.99. The molecule has 5 atom stereocenters. The summed E-state index contributed by atoms with van der Waals surface area (Å²) in [5, 5.41) is 21.4. The lowest BCUT2D eigenvalue weighted by atomic mass is 9.43. The second kappa shape index (κ2) is 5.44. The van der Waals surface area contributed by atoms with Crippen molar-refractivity contribution in [3.8, 4) is 11.5 Å². The van der Waals surface area contributed by atoms with E-state index in [9.17, 15) is 15.0 Å². The fourth-order valence-electron chi connectivity index (χ4n) is 7.09. The molecule has 28 heavy (non-hydrogen) atoms. The van der Waals surface area contributed by atoms with Crippen molar-refractivity contribution in [2.24, 2.45) is 22.7 Å². The smallest absolute Gasteiger partial charge is 0.342 e. The first-order chi connectivity index (χ1) is 13.1. The van der Waals surface area contributed by atoms with E-state index in [1.54, 1.807) is 6.07 Å². The maximum absolute atomic E-state index is 12.4. The summed E-state index contributed by atoms with van der Waals surface area (Å²) < 4.78 is 12.0. The predicted octanol–water partition coefficient (Wildman–Crippen LogP) is 3.97. The first kappa shape index (κ1) is 18.3. The number of aromatic hydroxyl groups is 1. The van der Waals surface area contributed by atoms with Crippen LogP contribution in [0.15, 0.2) is 6.07 Å². The van der Waals surface area contributed by atoms with E-state index in [4.69, 9.17) is 9.47 Å². The molecular weight excluding hydrogens is 356 g/mol. The topological polar surface area (TPSA) is 76.0 Å². The van der Waals surface area contributed by atoms with E-state index in [2.05, 4.69) is 27.7 Å². The maximum atomic E-state index is 12.4. The molecule has 0 saturated heterocycles. The molecule has 152 valence electrons. The van der Waals surface area contributed by atoms with E-state index < -0.39 is 5.60 Å². The molecule has 5 rings (SSSR count). The molecule has 2 aliphatic carbocycles. The molecule has 2 N–H and O–H groups in total. The Bertz CT molecular complexity index is 874. The zero-order valence-electron chi connectivity index (χ0n) is 17.2. The van der Waals surface area contributed by atoms with Crippen molar-refractivity contribution < 1.29 is 24.5 Å². The molecule has 2 saturated carbocycles.